The number of sulfone groups is 1. The van der Waals surface area contributed by atoms with Gasteiger partial charge in [-0.3, -0.25) is 9.59 Å². The molecule has 2 atom stereocenters. The molecule has 0 radical (unpaired) electrons. The first-order valence-electron chi connectivity index (χ1n) is 8.17. The van der Waals surface area contributed by atoms with Crippen molar-refractivity contribution < 1.29 is 18.0 Å². The van der Waals surface area contributed by atoms with Crippen molar-refractivity contribution in [2.45, 2.75) is 32.4 Å². The number of amides is 2. The highest BCUT2D eigenvalue weighted by Crippen LogP contribution is 2.26. The standard InChI is InChI=1S/C17H22N2O4S/c1-12-3-2-4-13(7-12)9-18-17(21)14-8-16(20)19(10-14)15-5-6-24(22,23)11-15/h2-4,7,14-15H,5-6,8-11H2,1H3,(H,18,21). The molecule has 6 nitrogen and oxygen atoms in total. The molecule has 130 valence electrons. The van der Waals surface area contributed by atoms with Crippen LogP contribution in [0.4, 0.5) is 0 Å². The molecule has 0 aliphatic carbocycles. The minimum atomic E-state index is -3.04. The van der Waals surface area contributed by atoms with E-state index in [1.54, 1.807) is 4.90 Å². The summed E-state index contributed by atoms with van der Waals surface area (Å²) in [4.78, 5) is 26.1. The van der Waals surface area contributed by atoms with E-state index < -0.39 is 15.8 Å². The lowest BCUT2D eigenvalue weighted by Crippen LogP contribution is -2.39. The lowest BCUT2D eigenvalue weighted by Gasteiger charge is -2.22. The van der Waals surface area contributed by atoms with E-state index in [1.165, 1.54) is 0 Å². The maximum atomic E-state index is 12.3. The monoisotopic (exact) mass is 350 g/mol. The number of hydrogen-bond acceptors (Lipinski definition) is 4. The van der Waals surface area contributed by atoms with Gasteiger partial charge in [-0.1, -0.05) is 29.8 Å². The number of benzene rings is 1. The van der Waals surface area contributed by atoms with Crippen LogP contribution in [0.1, 0.15) is 24.0 Å². The van der Waals surface area contributed by atoms with Crippen LogP contribution in [0.3, 0.4) is 0 Å². The van der Waals surface area contributed by atoms with Gasteiger partial charge in [0.2, 0.25) is 11.8 Å². The van der Waals surface area contributed by atoms with Gasteiger partial charge in [0.25, 0.3) is 0 Å². The van der Waals surface area contributed by atoms with Gasteiger partial charge < -0.3 is 10.2 Å². The molecule has 0 aromatic heterocycles. The normalized spacial score (nSPS) is 25.9. The van der Waals surface area contributed by atoms with Gasteiger partial charge in [0.05, 0.1) is 17.4 Å². The first-order chi connectivity index (χ1) is 11.3. The smallest absolute Gasteiger partial charge is 0.225 e. The van der Waals surface area contributed by atoms with Gasteiger partial charge in [0, 0.05) is 25.6 Å². The third-order valence-corrected chi connectivity index (χ3v) is 6.48. The molecule has 0 spiro atoms. The van der Waals surface area contributed by atoms with Gasteiger partial charge in [0.1, 0.15) is 0 Å². The Bertz CT molecular complexity index is 760. The van der Waals surface area contributed by atoms with Crippen LogP contribution >= 0.6 is 0 Å². The maximum absolute atomic E-state index is 12.3. The van der Waals surface area contributed by atoms with Crippen molar-refractivity contribution in [2.75, 3.05) is 18.1 Å². The van der Waals surface area contributed by atoms with Crippen molar-refractivity contribution >= 4 is 21.7 Å². The molecule has 2 aliphatic rings. The molecule has 2 unspecified atom stereocenters. The fraction of sp³-hybridized carbons (Fsp3) is 0.529. The first-order valence-corrected chi connectivity index (χ1v) is 9.99. The highest BCUT2D eigenvalue weighted by atomic mass is 32.2. The van der Waals surface area contributed by atoms with Crippen molar-refractivity contribution in [3.63, 3.8) is 0 Å². The van der Waals surface area contributed by atoms with E-state index in [0.717, 1.165) is 11.1 Å². The first kappa shape index (κ1) is 17.0. The zero-order valence-corrected chi connectivity index (χ0v) is 14.5. The Balaban J connectivity index is 1.56. The Morgan fingerprint density at radius 2 is 2.17 bits per heavy atom. The Morgan fingerprint density at radius 1 is 1.38 bits per heavy atom. The van der Waals surface area contributed by atoms with Crippen LogP contribution < -0.4 is 5.32 Å². The topological polar surface area (TPSA) is 83.6 Å². The van der Waals surface area contributed by atoms with Gasteiger partial charge in [-0.05, 0) is 18.9 Å². The summed E-state index contributed by atoms with van der Waals surface area (Å²) in [7, 11) is -3.04. The lowest BCUT2D eigenvalue weighted by molar-refractivity contribution is -0.130. The van der Waals surface area contributed by atoms with Crippen molar-refractivity contribution in [3.8, 4) is 0 Å². The minimum absolute atomic E-state index is 0.0242. The SMILES string of the molecule is Cc1cccc(CNC(=O)C2CC(=O)N(C3CCS(=O)(=O)C3)C2)c1. The van der Waals surface area contributed by atoms with E-state index in [0.29, 0.717) is 19.5 Å². The molecule has 1 aromatic carbocycles. The zero-order chi connectivity index (χ0) is 17.3. The van der Waals surface area contributed by atoms with Crippen molar-refractivity contribution in [2.24, 2.45) is 5.92 Å². The van der Waals surface area contributed by atoms with Gasteiger partial charge in [-0.2, -0.15) is 0 Å². The second kappa shape index (κ2) is 6.55. The molecule has 1 N–H and O–H groups in total. The van der Waals surface area contributed by atoms with Crippen molar-refractivity contribution in [1.29, 1.82) is 0 Å². The third-order valence-electron chi connectivity index (χ3n) is 4.73. The van der Waals surface area contributed by atoms with Crippen LogP contribution in [0.15, 0.2) is 24.3 Å². The van der Waals surface area contributed by atoms with Crippen LogP contribution in [0, 0.1) is 12.8 Å². The summed E-state index contributed by atoms with van der Waals surface area (Å²) in [5, 5.41) is 2.88. The Hall–Kier alpha value is -1.89. The molecule has 2 heterocycles. The fourth-order valence-corrected chi connectivity index (χ4v) is 5.17. The number of nitrogens with zero attached hydrogens (tertiary/aromatic N) is 1. The van der Waals surface area contributed by atoms with Crippen LogP contribution in [0.5, 0.6) is 0 Å². The summed E-state index contributed by atoms with van der Waals surface area (Å²) in [6.07, 6.45) is 0.641. The molecule has 0 saturated carbocycles. The lowest BCUT2D eigenvalue weighted by atomic mass is 10.1. The Labute approximate surface area is 142 Å². The molecule has 7 heteroatoms. The van der Waals surface area contributed by atoms with Gasteiger partial charge in [0.15, 0.2) is 9.84 Å². The molecular weight excluding hydrogens is 328 g/mol. The summed E-state index contributed by atoms with van der Waals surface area (Å²) in [5.74, 6) is -0.506. The number of carbonyl (C=O) groups is 2. The molecule has 2 saturated heterocycles. The van der Waals surface area contributed by atoms with Gasteiger partial charge in [-0.25, -0.2) is 8.42 Å². The molecule has 24 heavy (non-hydrogen) atoms. The highest BCUT2D eigenvalue weighted by molar-refractivity contribution is 7.91. The van der Waals surface area contributed by atoms with E-state index in [2.05, 4.69) is 5.32 Å². The zero-order valence-electron chi connectivity index (χ0n) is 13.7. The Kier molecular flexibility index (Phi) is 4.62. The molecule has 0 bridgehead atoms. The summed E-state index contributed by atoms with van der Waals surface area (Å²) in [6, 6.07) is 7.63. The number of aryl methyl sites for hydroxylation is 1. The van der Waals surface area contributed by atoms with E-state index in [-0.39, 0.29) is 35.8 Å². The van der Waals surface area contributed by atoms with E-state index >= 15 is 0 Å². The van der Waals surface area contributed by atoms with Crippen LogP contribution in [0.25, 0.3) is 0 Å². The number of nitrogens with one attached hydrogen (secondary N) is 1. The van der Waals surface area contributed by atoms with Crippen LogP contribution in [0.2, 0.25) is 0 Å². The maximum Gasteiger partial charge on any atom is 0.225 e. The molecular formula is C17H22N2O4S. The Morgan fingerprint density at radius 3 is 2.83 bits per heavy atom. The average Bonchev–Trinajstić information content (AvgIpc) is 3.07. The summed E-state index contributed by atoms with van der Waals surface area (Å²) < 4.78 is 23.2. The number of hydrogen-bond donors (Lipinski definition) is 1. The van der Waals surface area contributed by atoms with E-state index in [1.807, 2.05) is 31.2 Å². The summed E-state index contributed by atoms with van der Waals surface area (Å²) in [6.45, 7) is 2.75. The number of rotatable bonds is 4. The van der Waals surface area contributed by atoms with Gasteiger partial charge in [-0.15, -0.1) is 0 Å². The molecule has 1 aromatic rings. The van der Waals surface area contributed by atoms with Gasteiger partial charge >= 0.3 is 0 Å². The highest BCUT2D eigenvalue weighted by Gasteiger charge is 2.41. The average molecular weight is 350 g/mol. The van der Waals surface area contributed by atoms with Crippen molar-refractivity contribution in [3.05, 3.63) is 35.4 Å². The van der Waals surface area contributed by atoms with E-state index in [9.17, 15) is 18.0 Å². The second-order valence-corrected chi connectivity index (χ2v) is 8.94. The van der Waals surface area contributed by atoms with E-state index in [4.69, 9.17) is 0 Å². The number of carbonyl (C=O) groups excluding carboxylic acids is 2. The predicted molar refractivity (Wildman–Crippen MR) is 89.9 cm³/mol. The summed E-state index contributed by atoms with van der Waals surface area (Å²) in [5.41, 5.74) is 2.15. The molecule has 2 amide bonds. The molecule has 3 rings (SSSR count). The van der Waals surface area contributed by atoms with Crippen LogP contribution in [-0.2, 0) is 26.0 Å². The predicted octanol–water partition coefficient (Wildman–Crippen LogP) is 0.647. The number of likely N-dealkylation sites (tertiary alicyclic amines) is 1. The molecule has 2 fully saturated rings. The molecule has 2 aliphatic heterocycles. The minimum Gasteiger partial charge on any atom is -0.352 e. The quantitative estimate of drug-likeness (QED) is 0.864. The summed E-state index contributed by atoms with van der Waals surface area (Å²) >= 11 is 0. The second-order valence-electron chi connectivity index (χ2n) is 6.71. The largest absolute Gasteiger partial charge is 0.352 e. The third kappa shape index (κ3) is 3.77. The van der Waals surface area contributed by atoms with Crippen LogP contribution in [-0.4, -0.2) is 49.2 Å². The fourth-order valence-electron chi connectivity index (χ4n) is 3.44. The van der Waals surface area contributed by atoms with Crippen molar-refractivity contribution in [1.82, 2.24) is 10.2 Å².